The van der Waals surface area contributed by atoms with Crippen LogP contribution in [0.25, 0.3) is 21.5 Å². The molecule has 0 bridgehead atoms. The molecule has 0 aliphatic carbocycles. The highest BCUT2D eigenvalue weighted by molar-refractivity contribution is 7.16. The van der Waals surface area contributed by atoms with Gasteiger partial charge in [-0.05, 0) is 39.0 Å². The van der Waals surface area contributed by atoms with Gasteiger partial charge in [-0.25, -0.2) is 9.78 Å². The molecule has 1 aromatic carbocycles. The lowest BCUT2D eigenvalue weighted by atomic mass is 10.1. The van der Waals surface area contributed by atoms with Gasteiger partial charge >= 0.3 is 5.97 Å². The van der Waals surface area contributed by atoms with Gasteiger partial charge in [0.25, 0.3) is 0 Å². The van der Waals surface area contributed by atoms with Crippen LogP contribution in [0.4, 0.5) is 5.69 Å². The summed E-state index contributed by atoms with van der Waals surface area (Å²) in [4.78, 5) is 16.6. The molecule has 0 aliphatic heterocycles. The minimum atomic E-state index is -0.331. The lowest BCUT2D eigenvalue weighted by Crippen LogP contribution is -2.01. The zero-order valence-corrected chi connectivity index (χ0v) is 14.2. The van der Waals surface area contributed by atoms with Gasteiger partial charge in [0.05, 0.1) is 24.0 Å². The topological polar surface area (TPSA) is 70.1 Å². The third-order valence-electron chi connectivity index (χ3n) is 3.65. The average molecular weight is 329 g/mol. The third-order valence-corrected chi connectivity index (χ3v) is 4.68. The van der Waals surface area contributed by atoms with Crippen molar-refractivity contribution in [2.24, 2.45) is 0 Å². The van der Waals surface area contributed by atoms with Gasteiger partial charge in [0.15, 0.2) is 0 Å². The molecular weight excluding hydrogens is 310 g/mol. The molecule has 3 aromatic rings. The fourth-order valence-corrected chi connectivity index (χ4v) is 3.35. The zero-order valence-electron chi connectivity index (χ0n) is 13.4. The van der Waals surface area contributed by atoms with Crippen LogP contribution in [0.1, 0.15) is 36.5 Å². The summed E-state index contributed by atoms with van der Waals surface area (Å²) in [6.07, 6.45) is 3.52. The van der Waals surface area contributed by atoms with Crippen LogP contribution >= 0.6 is 11.3 Å². The van der Waals surface area contributed by atoms with Crippen LogP contribution in [0, 0.1) is 0 Å². The molecule has 120 valence electrons. The maximum atomic E-state index is 11.8. The van der Waals surface area contributed by atoms with E-state index in [1.165, 1.54) is 11.3 Å². The summed E-state index contributed by atoms with van der Waals surface area (Å²) >= 11 is 1.33. The van der Waals surface area contributed by atoms with E-state index in [-0.39, 0.29) is 5.97 Å². The molecule has 5 nitrogen and oxygen atoms in total. The van der Waals surface area contributed by atoms with E-state index in [1.807, 2.05) is 24.4 Å². The van der Waals surface area contributed by atoms with E-state index in [0.29, 0.717) is 17.5 Å². The molecule has 0 atom stereocenters. The van der Waals surface area contributed by atoms with Gasteiger partial charge in [-0.2, -0.15) is 0 Å². The second-order valence-corrected chi connectivity index (χ2v) is 6.60. The fourth-order valence-electron chi connectivity index (χ4n) is 2.55. The number of benzene rings is 1. The first-order valence-electron chi connectivity index (χ1n) is 7.54. The van der Waals surface area contributed by atoms with Gasteiger partial charge < -0.3 is 15.0 Å². The van der Waals surface area contributed by atoms with Gasteiger partial charge in [-0.3, -0.25) is 0 Å². The Balaban J connectivity index is 2.01. The molecule has 2 aromatic heterocycles. The minimum absolute atomic E-state index is 0.331. The van der Waals surface area contributed by atoms with Gasteiger partial charge in [-0.1, -0.05) is 0 Å². The van der Waals surface area contributed by atoms with Crippen molar-refractivity contribution >= 4 is 33.9 Å². The van der Waals surface area contributed by atoms with Crippen molar-refractivity contribution < 1.29 is 9.53 Å². The lowest BCUT2D eigenvalue weighted by molar-refractivity contribution is 0.0532. The number of hydrogen-bond donors (Lipinski definition) is 1. The molecule has 0 saturated carbocycles. The van der Waals surface area contributed by atoms with Crippen LogP contribution in [0.2, 0.25) is 0 Å². The quantitative estimate of drug-likeness (QED) is 0.731. The minimum Gasteiger partial charge on any atom is -0.462 e. The summed E-state index contributed by atoms with van der Waals surface area (Å²) in [5, 5.41) is 1.79. The predicted octanol–water partition coefficient (Wildman–Crippen LogP) is 4.10. The highest BCUT2D eigenvalue weighted by Gasteiger charge is 2.14. The van der Waals surface area contributed by atoms with Crippen molar-refractivity contribution in [2.45, 2.75) is 26.8 Å². The molecule has 6 heteroatoms. The molecular formula is C17H19N3O2S. The average Bonchev–Trinajstić information content (AvgIpc) is 3.13. The number of anilines is 1. The SMILES string of the molecule is CCOC(=O)c1cnc(-c2ccc3c(c2)c(N)cn3C(C)C)s1. The molecule has 0 amide bonds. The van der Waals surface area contributed by atoms with E-state index in [4.69, 9.17) is 10.5 Å². The number of hydrogen-bond acceptors (Lipinski definition) is 5. The number of nitrogen functional groups attached to an aromatic ring is 1. The highest BCUT2D eigenvalue weighted by Crippen LogP contribution is 2.32. The summed E-state index contributed by atoms with van der Waals surface area (Å²) in [5.74, 6) is -0.331. The van der Waals surface area contributed by atoms with E-state index in [9.17, 15) is 4.79 Å². The van der Waals surface area contributed by atoms with Crippen molar-refractivity contribution in [3.8, 4) is 10.6 Å². The summed E-state index contributed by atoms with van der Waals surface area (Å²) in [5.41, 5.74) is 8.94. The van der Waals surface area contributed by atoms with Crippen LogP contribution in [0.15, 0.2) is 30.6 Å². The molecule has 0 radical (unpaired) electrons. The molecule has 0 unspecified atom stereocenters. The van der Waals surface area contributed by atoms with E-state index >= 15 is 0 Å². The number of ether oxygens (including phenoxy) is 1. The molecule has 3 rings (SSSR count). The summed E-state index contributed by atoms with van der Waals surface area (Å²) < 4.78 is 7.16. The second-order valence-electron chi connectivity index (χ2n) is 5.57. The Hall–Kier alpha value is -2.34. The molecule has 0 saturated heterocycles. The van der Waals surface area contributed by atoms with Gasteiger partial charge in [0.1, 0.15) is 9.88 Å². The van der Waals surface area contributed by atoms with Crippen LogP contribution in [-0.4, -0.2) is 22.1 Å². The summed E-state index contributed by atoms with van der Waals surface area (Å²) in [6.45, 7) is 6.39. The number of carbonyl (C=O) groups excluding carboxylic acids is 1. The summed E-state index contributed by atoms with van der Waals surface area (Å²) in [7, 11) is 0. The van der Waals surface area contributed by atoms with Crippen LogP contribution < -0.4 is 5.73 Å². The van der Waals surface area contributed by atoms with Crippen molar-refractivity contribution in [2.75, 3.05) is 12.3 Å². The standard InChI is InChI=1S/C17H19N3O2S/c1-4-22-17(21)15-8-19-16(23-15)11-5-6-14-12(7-11)13(18)9-20(14)10(2)3/h5-10H,4,18H2,1-3H3. The Kier molecular flexibility index (Phi) is 4.09. The fraction of sp³-hybridized carbons (Fsp3) is 0.294. The van der Waals surface area contributed by atoms with E-state index in [1.54, 1.807) is 13.1 Å². The maximum Gasteiger partial charge on any atom is 0.349 e. The smallest absolute Gasteiger partial charge is 0.349 e. The van der Waals surface area contributed by atoms with E-state index in [2.05, 4.69) is 23.4 Å². The molecule has 23 heavy (non-hydrogen) atoms. The van der Waals surface area contributed by atoms with Crippen molar-refractivity contribution in [1.82, 2.24) is 9.55 Å². The van der Waals surface area contributed by atoms with Crippen LogP contribution in [0.5, 0.6) is 0 Å². The van der Waals surface area contributed by atoms with Crippen LogP contribution in [-0.2, 0) is 4.74 Å². The van der Waals surface area contributed by atoms with Gasteiger partial charge in [-0.15, -0.1) is 11.3 Å². The predicted molar refractivity (Wildman–Crippen MR) is 93.8 cm³/mol. The number of thiazole rings is 1. The molecule has 0 spiro atoms. The van der Waals surface area contributed by atoms with Crippen LogP contribution in [0.3, 0.4) is 0 Å². The monoisotopic (exact) mass is 329 g/mol. The lowest BCUT2D eigenvalue weighted by Gasteiger charge is -2.08. The molecule has 2 heterocycles. The number of nitrogens with zero attached hydrogens (tertiary/aromatic N) is 2. The first-order chi connectivity index (χ1) is 11.0. The Bertz CT molecular complexity index is 864. The third kappa shape index (κ3) is 2.82. The second kappa shape index (κ2) is 6.04. The molecule has 0 fully saturated rings. The molecule has 2 N–H and O–H groups in total. The van der Waals surface area contributed by atoms with E-state index < -0.39 is 0 Å². The first kappa shape index (κ1) is 15.6. The van der Waals surface area contributed by atoms with Crippen molar-refractivity contribution in [1.29, 1.82) is 0 Å². The number of aromatic nitrogens is 2. The Labute approximate surface area is 138 Å². The van der Waals surface area contributed by atoms with Crippen molar-refractivity contribution in [3.05, 3.63) is 35.5 Å². The normalized spacial score (nSPS) is 11.3. The Morgan fingerprint density at radius 2 is 2.22 bits per heavy atom. The Morgan fingerprint density at radius 1 is 1.43 bits per heavy atom. The largest absolute Gasteiger partial charge is 0.462 e. The summed E-state index contributed by atoms with van der Waals surface area (Å²) in [6, 6.07) is 6.43. The first-order valence-corrected chi connectivity index (χ1v) is 8.36. The van der Waals surface area contributed by atoms with Gasteiger partial charge in [0.2, 0.25) is 0 Å². The Morgan fingerprint density at radius 3 is 2.91 bits per heavy atom. The molecule has 0 aliphatic rings. The number of rotatable bonds is 4. The maximum absolute atomic E-state index is 11.8. The number of nitrogens with two attached hydrogens (primary N) is 1. The number of esters is 1. The highest BCUT2D eigenvalue weighted by atomic mass is 32.1. The number of fused-ring (bicyclic) bond motifs is 1. The van der Waals surface area contributed by atoms with E-state index in [0.717, 1.165) is 27.2 Å². The van der Waals surface area contributed by atoms with Crippen molar-refractivity contribution in [3.63, 3.8) is 0 Å². The van der Waals surface area contributed by atoms with Gasteiger partial charge in [0, 0.05) is 23.2 Å². The number of carbonyl (C=O) groups is 1. The zero-order chi connectivity index (χ0) is 16.6.